The van der Waals surface area contributed by atoms with Gasteiger partial charge in [0.1, 0.15) is 11.6 Å². The first-order valence-corrected chi connectivity index (χ1v) is 19.5. The molecule has 1 N–H and O–H groups in total. The number of rotatable bonds is 6. The Hall–Kier alpha value is -4.25. The third-order valence-corrected chi connectivity index (χ3v) is 12.2. The predicted molar refractivity (Wildman–Crippen MR) is 197 cm³/mol. The van der Waals surface area contributed by atoms with Crippen molar-refractivity contribution in [3.8, 4) is 17.2 Å². The summed E-state index contributed by atoms with van der Waals surface area (Å²) in [5.41, 5.74) is 2.08. The normalized spacial score (nSPS) is 20.1. The zero-order valence-corrected chi connectivity index (χ0v) is 31.7. The van der Waals surface area contributed by atoms with Crippen molar-refractivity contribution in [1.29, 1.82) is 0 Å². The minimum absolute atomic E-state index is 0.0263. The lowest BCUT2D eigenvalue weighted by Gasteiger charge is -2.37. The number of methoxy groups -OCH3 is 3. The summed E-state index contributed by atoms with van der Waals surface area (Å²) in [4.78, 5) is 35.9. The van der Waals surface area contributed by atoms with E-state index < -0.39 is 21.9 Å². The molecule has 1 atom stereocenters. The highest BCUT2D eigenvalue weighted by Crippen LogP contribution is 2.44. The smallest absolute Gasteiger partial charge is 0.282 e. The fourth-order valence-electron chi connectivity index (χ4n) is 7.37. The van der Waals surface area contributed by atoms with Gasteiger partial charge in [-0.25, -0.2) is 9.37 Å². The van der Waals surface area contributed by atoms with E-state index in [0.29, 0.717) is 90.8 Å². The van der Waals surface area contributed by atoms with Crippen molar-refractivity contribution in [3.63, 3.8) is 0 Å². The monoisotopic (exact) mass is 756 g/mol. The maximum atomic E-state index is 14.4. The summed E-state index contributed by atoms with van der Waals surface area (Å²) >= 11 is 0. The maximum Gasteiger partial charge on any atom is 0.282 e. The van der Waals surface area contributed by atoms with Crippen LogP contribution in [0.5, 0.6) is 17.2 Å². The van der Waals surface area contributed by atoms with Crippen LogP contribution in [0.1, 0.15) is 47.2 Å². The highest BCUT2D eigenvalue weighted by atomic mass is 32.2. The third-order valence-electron chi connectivity index (χ3n) is 10.2. The largest absolute Gasteiger partial charge is 0.493 e. The molecule has 4 heterocycles. The molecular formula is C37H49FN6O8S. The van der Waals surface area contributed by atoms with Gasteiger partial charge in [-0.3, -0.25) is 9.59 Å². The molecule has 6 rings (SSSR count). The van der Waals surface area contributed by atoms with Crippen LogP contribution in [0.4, 0.5) is 10.2 Å². The Labute approximate surface area is 310 Å². The number of pyridine rings is 1. The summed E-state index contributed by atoms with van der Waals surface area (Å²) in [6.45, 7) is 4.54. The Morgan fingerprint density at radius 2 is 1.68 bits per heavy atom. The van der Waals surface area contributed by atoms with Gasteiger partial charge in [0.25, 0.3) is 16.1 Å². The number of amides is 2. The molecule has 2 saturated heterocycles. The van der Waals surface area contributed by atoms with Crippen molar-refractivity contribution >= 4 is 38.7 Å². The van der Waals surface area contributed by atoms with Crippen molar-refractivity contribution < 1.29 is 41.3 Å². The molecule has 14 nitrogen and oxygen atoms in total. The van der Waals surface area contributed by atoms with Crippen LogP contribution in [0.3, 0.4) is 0 Å². The highest BCUT2D eigenvalue weighted by molar-refractivity contribution is 7.86. The fraction of sp³-hybridized carbons (Fsp3) is 0.541. The number of aromatic nitrogens is 1. The van der Waals surface area contributed by atoms with Crippen molar-refractivity contribution in [2.75, 3.05) is 91.8 Å². The second kappa shape index (κ2) is 16.8. The topological polar surface area (TPSA) is 143 Å². The van der Waals surface area contributed by atoms with E-state index >= 15 is 0 Å². The second-order valence-electron chi connectivity index (χ2n) is 13.7. The van der Waals surface area contributed by atoms with Gasteiger partial charge in [0.05, 0.1) is 46.6 Å². The van der Waals surface area contributed by atoms with E-state index in [0.717, 1.165) is 12.8 Å². The number of piperidine rings is 1. The number of hydrogen-bond donors (Lipinski definition) is 1. The van der Waals surface area contributed by atoms with Crippen LogP contribution in [-0.2, 0) is 26.3 Å². The Morgan fingerprint density at radius 1 is 0.925 bits per heavy atom. The Bertz CT molecular complexity index is 1920. The lowest BCUT2D eigenvalue weighted by Crippen LogP contribution is -2.49. The number of ether oxygens (including phenoxy) is 4. The van der Waals surface area contributed by atoms with Crippen LogP contribution in [0, 0.1) is 18.7 Å². The lowest BCUT2D eigenvalue weighted by atomic mass is 9.97. The predicted octanol–water partition coefficient (Wildman–Crippen LogP) is 3.36. The summed E-state index contributed by atoms with van der Waals surface area (Å²) in [6, 6.07) is 7.75. The minimum atomic E-state index is -3.97. The van der Waals surface area contributed by atoms with Gasteiger partial charge in [0.15, 0.2) is 11.5 Å². The van der Waals surface area contributed by atoms with E-state index in [1.54, 1.807) is 26.2 Å². The molecule has 2 amide bonds. The molecule has 16 heteroatoms. The molecule has 3 aromatic rings. The van der Waals surface area contributed by atoms with Crippen molar-refractivity contribution in [2.24, 2.45) is 5.92 Å². The number of fused-ring (bicyclic) bond motifs is 5. The van der Waals surface area contributed by atoms with E-state index in [4.69, 9.17) is 23.9 Å². The number of nitrogens with zero attached hydrogens (tertiary/aromatic N) is 5. The van der Waals surface area contributed by atoms with Crippen molar-refractivity contribution in [2.45, 2.75) is 39.2 Å². The first kappa shape index (κ1) is 38.5. The number of benzene rings is 2. The molecule has 0 saturated carbocycles. The number of carbonyl (C=O) groups excluding carboxylic acids is 2. The first-order chi connectivity index (χ1) is 25.5. The van der Waals surface area contributed by atoms with Gasteiger partial charge in [-0.1, -0.05) is 6.07 Å². The summed E-state index contributed by atoms with van der Waals surface area (Å²) in [7, 11) is 0.638. The quantitative estimate of drug-likeness (QED) is 0.398. The Kier molecular flexibility index (Phi) is 12.2. The third kappa shape index (κ3) is 8.45. The van der Waals surface area contributed by atoms with Crippen LogP contribution < -0.4 is 24.4 Å². The van der Waals surface area contributed by atoms with Crippen LogP contribution >= 0.6 is 0 Å². The zero-order valence-electron chi connectivity index (χ0n) is 30.9. The standard InChI is InChI=1S/C37H49FN6O8S/c1-25-9-10-28(38)19-29(25)37(46)42-11-5-6-13-44(53(47,48)43-14-16-52-17-15-43)23-27-18-30-31(20-32(49-2)35(51-4)34(30)50-3)40-36(27)41-12-7-8-26(22-41)21-39-33(45)24-42/h9-10,18-20,26H,5-8,11-17,21-24H2,1-4H3,(H,39,45). The summed E-state index contributed by atoms with van der Waals surface area (Å²) in [5.74, 6) is 0.683. The van der Waals surface area contributed by atoms with Gasteiger partial charge in [-0.15, -0.1) is 0 Å². The number of hydrogen-bond acceptors (Lipinski definition) is 10. The fourth-order valence-corrected chi connectivity index (χ4v) is 8.97. The van der Waals surface area contributed by atoms with E-state index in [2.05, 4.69) is 10.2 Å². The van der Waals surface area contributed by atoms with Crippen LogP contribution in [0.25, 0.3) is 10.9 Å². The zero-order chi connectivity index (χ0) is 37.7. The van der Waals surface area contributed by atoms with Gasteiger partial charge in [0.2, 0.25) is 11.7 Å². The average molecular weight is 757 g/mol. The molecule has 0 radical (unpaired) electrons. The number of anilines is 1. The number of carbonyl (C=O) groups is 2. The Morgan fingerprint density at radius 3 is 2.42 bits per heavy atom. The molecule has 1 unspecified atom stereocenters. The maximum absolute atomic E-state index is 14.4. The summed E-state index contributed by atoms with van der Waals surface area (Å²) < 4.78 is 68.6. The van der Waals surface area contributed by atoms with Crippen LogP contribution in [0.15, 0.2) is 30.3 Å². The van der Waals surface area contributed by atoms with Crippen molar-refractivity contribution in [1.82, 2.24) is 23.8 Å². The van der Waals surface area contributed by atoms with Crippen LogP contribution in [-0.4, -0.2) is 126 Å². The van der Waals surface area contributed by atoms with Gasteiger partial charge in [-0.2, -0.15) is 17.0 Å². The van der Waals surface area contributed by atoms with E-state index in [9.17, 15) is 22.4 Å². The second-order valence-corrected chi connectivity index (χ2v) is 15.6. The lowest BCUT2D eigenvalue weighted by molar-refractivity contribution is -0.122. The molecule has 2 aromatic carbocycles. The minimum Gasteiger partial charge on any atom is -0.493 e. The molecule has 53 heavy (non-hydrogen) atoms. The average Bonchev–Trinajstić information content (AvgIpc) is 3.17. The van der Waals surface area contributed by atoms with Crippen molar-refractivity contribution in [3.05, 3.63) is 52.8 Å². The number of halogens is 1. The molecule has 3 aliphatic rings. The molecule has 2 bridgehead atoms. The molecule has 1 aromatic heterocycles. The highest BCUT2D eigenvalue weighted by Gasteiger charge is 2.34. The first-order valence-electron chi connectivity index (χ1n) is 18.1. The molecule has 0 aliphatic carbocycles. The molecule has 3 aliphatic heterocycles. The molecular weight excluding hydrogens is 708 g/mol. The Balaban J connectivity index is 1.42. The van der Waals surface area contributed by atoms with E-state index in [1.807, 2.05) is 6.07 Å². The van der Waals surface area contributed by atoms with Gasteiger partial charge in [-0.05, 0) is 62.3 Å². The molecule has 288 valence electrons. The van der Waals surface area contributed by atoms with Crippen LogP contribution in [0.2, 0.25) is 0 Å². The van der Waals surface area contributed by atoms with Gasteiger partial charge in [0, 0.05) is 74.9 Å². The summed E-state index contributed by atoms with van der Waals surface area (Å²) in [5, 5.41) is 3.68. The van der Waals surface area contributed by atoms with E-state index in [1.165, 1.54) is 39.9 Å². The number of morpholine rings is 1. The SMILES string of the molecule is COc1cc2nc3c(cc2c(OC)c1OC)CN(S(=O)(=O)N1CCOCC1)CCCCN(C(=O)c1cc(F)ccc1C)CC(=O)NCC1CCCN3C1. The molecule has 0 spiro atoms. The molecule has 2 fully saturated rings. The van der Waals surface area contributed by atoms with Gasteiger partial charge < -0.3 is 34.1 Å². The summed E-state index contributed by atoms with van der Waals surface area (Å²) in [6.07, 6.45) is 2.47. The van der Waals surface area contributed by atoms with E-state index in [-0.39, 0.29) is 56.7 Å². The number of nitrogens with one attached hydrogen (secondary N) is 1. The number of aryl methyl sites for hydroxylation is 1. The van der Waals surface area contributed by atoms with Gasteiger partial charge >= 0.3 is 0 Å².